The zero-order valence-corrected chi connectivity index (χ0v) is 17.3. The van der Waals surface area contributed by atoms with Gasteiger partial charge in [-0.15, -0.1) is 0 Å². The van der Waals surface area contributed by atoms with Crippen LogP contribution in [0.15, 0.2) is 53.9 Å². The van der Waals surface area contributed by atoms with Gasteiger partial charge in [0.05, 0.1) is 29.5 Å². The number of carbonyl (C=O) groups is 3. The molecule has 3 rings (SSSR count). The number of carbonyl (C=O) groups excluding carboxylic acids is 3. The van der Waals surface area contributed by atoms with Gasteiger partial charge >= 0.3 is 18.0 Å². The van der Waals surface area contributed by atoms with E-state index in [9.17, 15) is 14.4 Å². The molecule has 1 aromatic carbocycles. The number of esters is 2. The van der Waals surface area contributed by atoms with Gasteiger partial charge in [0.2, 0.25) is 0 Å². The third-order valence-electron chi connectivity index (χ3n) is 4.16. The summed E-state index contributed by atoms with van der Waals surface area (Å²) in [5.41, 5.74) is 1.04. The molecule has 2 N–H and O–H groups in total. The van der Waals surface area contributed by atoms with E-state index in [2.05, 4.69) is 15.6 Å². The van der Waals surface area contributed by atoms with E-state index in [-0.39, 0.29) is 35.2 Å². The van der Waals surface area contributed by atoms with Crippen LogP contribution in [0.2, 0.25) is 10.2 Å². The highest BCUT2D eigenvalue weighted by Gasteiger charge is 2.34. The number of hydrogen-bond acceptors (Lipinski definition) is 6. The van der Waals surface area contributed by atoms with Crippen molar-refractivity contribution in [2.45, 2.75) is 13.0 Å². The molecule has 0 spiro atoms. The summed E-state index contributed by atoms with van der Waals surface area (Å²) in [6.45, 7) is 1.44. The predicted octanol–water partition coefficient (Wildman–Crippen LogP) is 3.42. The maximum Gasteiger partial charge on any atom is 0.338 e. The van der Waals surface area contributed by atoms with E-state index in [0.717, 1.165) is 0 Å². The normalized spacial score (nSPS) is 15.8. The molecular weight excluding hydrogens is 433 g/mol. The van der Waals surface area contributed by atoms with E-state index >= 15 is 0 Å². The van der Waals surface area contributed by atoms with Gasteiger partial charge in [-0.05, 0) is 36.8 Å². The largest absolute Gasteiger partial charge is 0.463 e. The number of aromatic nitrogens is 1. The number of benzene rings is 1. The highest BCUT2D eigenvalue weighted by Crippen LogP contribution is 2.29. The Balaban J connectivity index is 1.92. The summed E-state index contributed by atoms with van der Waals surface area (Å²) >= 11 is 11.7. The van der Waals surface area contributed by atoms with Gasteiger partial charge in [0.25, 0.3) is 0 Å². The number of nitrogens with one attached hydrogen (secondary N) is 2. The van der Waals surface area contributed by atoms with Crippen LogP contribution >= 0.6 is 23.2 Å². The first-order valence-corrected chi connectivity index (χ1v) is 9.66. The van der Waals surface area contributed by atoms with Gasteiger partial charge in [-0.1, -0.05) is 35.3 Å². The van der Waals surface area contributed by atoms with Gasteiger partial charge in [0.1, 0.15) is 11.8 Å². The van der Waals surface area contributed by atoms with Crippen molar-refractivity contribution in [1.29, 1.82) is 0 Å². The Hall–Kier alpha value is -3.10. The van der Waals surface area contributed by atoms with Crippen LogP contribution in [-0.2, 0) is 14.3 Å². The summed E-state index contributed by atoms with van der Waals surface area (Å²) in [6.07, 6.45) is 1.37. The molecule has 1 atom stereocenters. The Morgan fingerprint density at radius 2 is 1.83 bits per heavy atom. The van der Waals surface area contributed by atoms with E-state index in [4.69, 9.17) is 32.7 Å². The van der Waals surface area contributed by atoms with Gasteiger partial charge in [0.15, 0.2) is 0 Å². The number of hydrogen-bond donors (Lipinski definition) is 2. The monoisotopic (exact) mass is 449 g/mol. The fraction of sp³-hybridized carbons (Fsp3) is 0.200. The van der Waals surface area contributed by atoms with Crippen molar-refractivity contribution in [2.75, 3.05) is 13.2 Å². The minimum Gasteiger partial charge on any atom is -0.463 e. The van der Waals surface area contributed by atoms with Crippen LogP contribution in [-0.4, -0.2) is 36.2 Å². The summed E-state index contributed by atoms with van der Waals surface area (Å²) < 4.78 is 10.4. The summed E-state index contributed by atoms with van der Waals surface area (Å²) in [6, 6.07) is 8.07. The van der Waals surface area contributed by atoms with Gasteiger partial charge in [0, 0.05) is 11.2 Å². The number of amides is 2. The number of urea groups is 1. The van der Waals surface area contributed by atoms with E-state index in [1.807, 2.05) is 0 Å². The van der Waals surface area contributed by atoms with Crippen LogP contribution < -0.4 is 10.6 Å². The lowest BCUT2D eigenvalue weighted by Gasteiger charge is -2.29. The van der Waals surface area contributed by atoms with Gasteiger partial charge < -0.3 is 20.1 Å². The summed E-state index contributed by atoms with van der Waals surface area (Å²) in [4.78, 5) is 41.0. The molecule has 30 heavy (non-hydrogen) atoms. The molecule has 2 amide bonds. The minimum atomic E-state index is -0.806. The smallest absolute Gasteiger partial charge is 0.338 e. The van der Waals surface area contributed by atoms with Crippen LogP contribution in [0, 0.1) is 0 Å². The molecule has 1 aromatic heterocycles. The standard InChI is InChI=1S/C20H17Cl2N3O5/c1-2-29-19(27)16-14(10-30-18(26)12-7-8-23-15(22)9-12)24-20(28)25-17(16)11-3-5-13(21)6-4-11/h3-9,17H,2,10H2,1H3,(H2,24,25,28). The number of halogens is 2. The molecule has 1 aliphatic rings. The SMILES string of the molecule is CCOC(=O)C1=C(COC(=O)c2ccnc(Cl)c2)NC(=O)NC1c1ccc(Cl)cc1. The second kappa shape index (κ2) is 9.60. The van der Waals surface area contributed by atoms with E-state index in [0.29, 0.717) is 10.6 Å². The molecule has 2 heterocycles. The second-order valence-electron chi connectivity index (χ2n) is 6.14. The summed E-state index contributed by atoms with van der Waals surface area (Å²) in [5, 5.41) is 5.84. The Bertz CT molecular complexity index is 1010. The van der Waals surface area contributed by atoms with Crippen molar-refractivity contribution in [1.82, 2.24) is 15.6 Å². The van der Waals surface area contributed by atoms with Crippen molar-refractivity contribution in [3.8, 4) is 0 Å². The van der Waals surface area contributed by atoms with E-state index in [1.165, 1.54) is 18.3 Å². The molecule has 0 saturated heterocycles. The zero-order chi connectivity index (χ0) is 21.7. The average molecular weight is 450 g/mol. The highest BCUT2D eigenvalue weighted by molar-refractivity contribution is 6.30. The van der Waals surface area contributed by atoms with Crippen LogP contribution in [0.4, 0.5) is 4.79 Å². The third kappa shape index (κ3) is 5.08. The van der Waals surface area contributed by atoms with Crippen molar-refractivity contribution in [3.63, 3.8) is 0 Å². The lowest BCUT2D eigenvalue weighted by Crippen LogP contribution is -2.47. The Kier molecular flexibility index (Phi) is 6.91. The first-order chi connectivity index (χ1) is 14.4. The van der Waals surface area contributed by atoms with Crippen molar-refractivity contribution >= 4 is 41.2 Å². The molecule has 1 aliphatic heterocycles. The first-order valence-electron chi connectivity index (χ1n) is 8.91. The molecular formula is C20H17Cl2N3O5. The number of pyridine rings is 1. The van der Waals surface area contributed by atoms with Crippen molar-refractivity contribution < 1.29 is 23.9 Å². The second-order valence-corrected chi connectivity index (χ2v) is 6.96. The molecule has 156 valence electrons. The Morgan fingerprint density at radius 3 is 2.50 bits per heavy atom. The molecule has 0 radical (unpaired) electrons. The number of nitrogens with zero attached hydrogens (tertiary/aromatic N) is 1. The zero-order valence-electron chi connectivity index (χ0n) is 15.8. The minimum absolute atomic E-state index is 0.116. The molecule has 0 fully saturated rings. The van der Waals surface area contributed by atoms with E-state index < -0.39 is 24.0 Å². The lowest BCUT2D eigenvalue weighted by molar-refractivity contribution is -0.139. The van der Waals surface area contributed by atoms with Crippen LogP contribution in [0.1, 0.15) is 28.9 Å². The molecule has 2 aromatic rings. The summed E-state index contributed by atoms with van der Waals surface area (Å²) in [7, 11) is 0. The average Bonchev–Trinajstić information content (AvgIpc) is 2.72. The van der Waals surface area contributed by atoms with E-state index in [1.54, 1.807) is 31.2 Å². The van der Waals surface area contributed by atoms with Crippen LogP contribution in [0.3, 0.4) is 0 Å². The Morgan fingerprint density at radius 1 is 1.10 bits per heavy atom. The molecule has 0 saturated carbocycles. The van der Waals surface area contributed by atoms with Crippen molar-refractivity contribution in [3.05, 3.63) is 75.2 Å². The lowest BCUT2D eigenvalue weighted by atomic mass is 9.95. The van der Waals surface area contributed by atoms with Crippen molar-refractivity contribution in [2.24, 2.45) is 0 Å². The molecule has 8 nitrogen and oxygen atoms in total. The summed E-state index contributed by atoms with van der Waals surface area (Å²) in [5.74, 6) is -1.34. The topological polar surface area (TPSA) is 107 Å². The maximum absolute atomic E-state index is 12.7. The third-order valence-corrected chi connectivity index (χ3v) is 4.62. The van der Waals surface area contributed by atoms with Crippen LogP contribution in [0.5, 0.6) is 0 Å². The molecule has 0 bridgehead atoms. The van der Waals surface area contributed by atoms with Gasteiger partial charge in [-0.3, -0.25) is 0 Å². The quantitative estimate of drug-likeness (QED) is 0.516. The fourth-order valence-electron chi connectivity index (χ4n) is 2.84. The highest BCUT2D eigenvalue weighted by atomic mass is 35.5. The molecule has 10 heteroatoms. The first kappa shape index (κ1) is 21.6. The van der Waals surface area contributed by atoms with Gasteiger partial charge in [-0.25, -0.2) is 19.4 Å². The van der Waals surface area contributed by atoms with Gasteiger partial charge in [-0.2, -0.15) is 0 Å². The molecule has 0 aliphatic carbocycles. The number of ether oxygens (including phenoxy) is 2. The maximum atomic E-state index is 12.7. The molecule has 1 unspecified atom stereocenters. The predicted molar refractivity (Wildman–Crippen MR) is 109 cm³/mol. The van der Waals surface area contributed by atoms with Crippen LogP contribution in [0.25, 0.3) is 0 Å². The fourth-order valence-corrected chi connectivity index (χ4v) is 3.14. The number of rotatable bonds is 6. The Labute approximate surface area is 182 Å².